The van der Waals surface area contributed by atoms with Gasteiger partial charge in [0.2, 0.25) is 0 Å². The van der Waals surface area contributed by atoms with Crippen molar-refractivity contribution in [1.29, 1.82) is 0 Å². The van der Waals surface area contributed by atoms with Gasteiger partial charge in [-0.1, -0.05) is 17.7 Å². The third-order valence-electron chi connectivity index (χ3n) is 4.01. The molecule has 0 bridgehead atoms. The third kappa shape index (κ3) is 7.29. The SMILES string of the molecule is C[S+]([O-])c1cc(C(O)CNCCCCOCc2cnccc2Cl)ccc1O. The van der Waals surface area contributed by atoms with E-state index < -0.39 is 17.3 Å². The van der Waals surface area contributed by atoms with Crippen molar-refractivity contribution in [2.45, 2.75) is 30.4 Å². The highest BCUT2D eigenvalue weighted by Crippen LogP contribution is 2.26. The number of nitrogens with one attached hydrogen (secondary N) is 1. The quantitative estimate of drug-likeness (QED) is 0.388. The summed E-state index contributed by atoms with van der Waals surface area (Å²) in [5, 5.41) is 23.8. The van der Waals surface area contributed by atoms with Crippen LogP contribution in [0.15, 0.2) is 41.6 Å². The van der Waals surface area contributed by atoms with E-state index in [0.29, 0.717) is 35.2 Å². The van der Waals surface area contributed by atoms with Crippen LogP contribution < -0.4 is 5.32 Å². The summed E-state index contributed by atoms with van der Waals surface area (Å²) in [6.07, 6.45) is 5.91. The number of aromatic hydroxyl groups is 1. The molecule has 27 heavy (non-hydrogen) atoms. The highest BCUT2D eigenvalue weighted by Gasteiger charge is 2.15. The summed E-state index contributed by atoms with van der Waals surface area (Å²) in [7, 11) is 0. The molecular weight excluding hydrogens is 388 g/mol. The predicted octanol–water partition coefficient (Wildman–Crippen LogP) is 2.80. The van der Waals surface area contributed by atoms with Crippen LogP contribution in [0.1, 0.15) is 30.1 Å². The monoisotopic (exact) mass is 412 g/mol. The standard InChI is InChI=1S/C19H25ClN2O4S/c1-27(25)19-10-14(4-5-17(19)23)18(24)12-21-7-2-3-9-26-13-15-11-22-8-6-16(15)20/h4-6,8,10-11,18,21,23-24H,2-3,7,9,12-13H2,1H3. The molecule has 6 nitrogen and oxygen atoms in total. The van der Waals surface area contributed by atoms with Crippen LogP contribution in [-0.4, -0.2) is 45.7 Å². The average molecular weight is 413 g/mol. The summed E-state index contributed by atoms with van der Waals surface area (Å²) < 4.78 is 17.2. The number of unbranched alkanes of at least 4 members (excludes halogenated alkanes) is 1. The molecule has 1 heterocycles. The lowest BCUT2D eigenvalue weighted by Crippen LogP contribution is -2.23. The van der Waals surface area contributed by atoms with Gasteiger partial charge in [0.25, 0.3) is 0 Å². The van der Waals surface area contributed by atoms with Crippen molar-refractivity contribution in [3.8, 4) is 5.75 Å². The van der Waals surface area contributed by atoms with Crippen LogP contribution in [0.2, 0.25) is 5.02 Å². The van der Waals surface area contributed by atoms with E-state index in [2.05, 4.69) is 10.3 Å². The number of aliphatic hydroxyl groups is 1. The van der Waals surface area contributed by atoms with Gasteiger partial charge in [-0.05, 0) is 48.3 Å². The second-order valence-corrected chi connectivity index (χ2v) is 7.88. The topological polar surface area (TPSA) is 97.7 Å². The molecule has 2 atom stereocenters. The Hall–Kier alpha value is -1.35. The average Bonchev–Trinajstić information content (AvgIpc) is 2.65. The van der Waals surface area contributed by atoms with Crippen LogP contribution >= 0.6 is 11.6 Å². The van der Waals surface area contributed by atoms with Gasteiger partial charge in [0.15, 0.2) is 10.6 Å². The molecule has 2 unspecified atom stereocenters. The largest absolute Gasteiger partial charge is 0.612 e. The molecule has 2 aromatic rings. The van der Waals surface area contributed by atoms with Crippen molar-refractivity contribution in [2.24, 2.45) is 0 Å². The first-order chi connectivity index (χ1) is 13.0. The van der Waals surface area contributed by atoms with Gasteiger partial charge in [-0.15, -0.1) is 0 Å². The van der Waals surface area contributed by atoms with Gasteiger partial charge in [0.05, 0.1) is 12.7 Å². The Morgan fingerprint density at radius 2 is 2.15 bits per heavy atom. The Balaban J connectivity index is 1.60. The van der Waals surface area contributed by atoms with Crippen LogP contribution in [-0.2, 0) is 22.5 Å². The van der Waals surface area contributed by atoms with Crippen molar-refractivity contribution in [1.82, 2.24) is 10.3 Å². The van der Waals surface area contributed by atoms with Gasteiger partial charge in [-0.2, -0.15) is 0 Å². The number of hydrogen-bond donors (Lipinski definition) is 3. The van der Waals surface area contributed by atoms with Gasteiger partial charge in [-0.3, -0.25) is 4.98 Å². The number of phenols is 1. The van der Waals surface area contributed by atoms with Gasteiger partial charge in [0.1, 0.15) is 6.26 Å². The fraction of sp³-hybridized carbons (Fsp3) is 0.421. The van der Waals surface area contributed by atoms with Gasteiger partial charge >= 0.3 is 0 Å². The minimum Gasteiger partial charge on any atom is -0.612 e. The number of pyridine rings is 1. The summed E-state index contributed by atoms with van der Waals surface area (Å²) in [6, 6.07) is 6.41. The number of benzene rings is 1. The van der Waals surface area contributed by atoms with Crippen LogP contribution in [0.5, 0.6) is 5.75 Å². The first-order valence-corrected chi connectivity index (χ1v) is 10.6. The highest BCUT2D eigenvalue weighted by molar-refractivity contribution is 7.90. The van der Waals surface area contributed by atoms with Crippen molar-refractivity contribution >= 4 is 22.8 Å². The van der Waals surface area contributed by atoms with Crippen molar-refractivity contribution < 1.29 is 19.5 Å². The third-order valence-corrected chi connectivity index (χ3v) is 5.32. The molecule has 0 saturated heterocycles. The second-order valence-electron chi connectivity index (χ2n) is 6.13. The van der Waals surface area contributed by atoms with Crippen LogP contribution in [0.3, 0.4) is 0 Å². The molecule has 0 radical (unpaired) electrons. The molecule has 148 valence electrons. The molecule has 3 N–H and O–H groups in total. The van der Waals surface area contributed by atoms with E-state index in [-0.39, 0.29) is 5.75 Å². The van der Waals surface area contributed by atoms with E-state index in [1.54, 1.807) is 30.6 Å². The van der Waals surface area contributed by atoms with E-state index in [1.165, 1.54) is 12.3 Å². The van der Waals surface area contributed by atoms with E-state index in [0.717, 1.165) is 24.9 Å². The smallest absolute Gasteiger partial charge is 0.194 e. The summed E-state index contributed by atoms with van der Waals surface area (Å²) in [6.45, 7) is 2.20. The van der Waals surface area contributed by atoms with Crippen LogP contribution in [0.4, 0.5) is 0 Å². The first-order valence-electron chi connectivity index (χ1n) is 8.70. The number of phenolic OH excluding ortho intramolecular Hbond substituents is 1. The zero-order valence-corrected chi connectivity index (χ0v) is 16.8. The van der Waals surface area contributed by atoms with E-state index >= 15 is 0 Å². The first kappa shape index (κ1) is 21.9. The minimum atomic E-state index is -1.30. The number of hydrogen-bond acceptors (Lipinski definition) is 6. The van der Waals surface area contributed by atoms with Gasteiger partial charge in [0, 0.05) is 42.2 Å². The zero-order valence-electron chi connectivity index (χ0n) is 15.2. The molecule has 1 aromatic heterocycles. The lowest BCUT2D eigenvalue weighted by molar-refractivity contribution is 0.116. The maximum Gasteiger partial charge on any atom is 0.194 e. The second kappa shape index (κ2) is 11.5. The molecule has 0 aliphatic rings. The summed E-state index contributed by atoms with van der Waals surface area (Å²) in [5.41, 5.74) is 1.50. The van der Waals surface area contributed by atoms with Crippen LogP contribution in [0.25, 0.3) is 0 Å². The van der Waals surface area contributed by atoms with Crippen molar-refractivity contribution in [2.75, 3.05) is 26.0 Å². The lowest BCUT2D eigenvalue weighted by Gasteiger charge is -2.14. The number of aromatic nitrogens is 1. The number of aliphatic hydroxyl groups excluding tert-OH is 1. The van der Waals surface area contributed by atoms with E-state index in [9.17, 15) is 14.8 Å². The predicted molar refractivity (Wildman–Crippen MR) is 106 cm³/mol. The molecule has 0 spiro atoms. The Morgan fingerprint density at radius 1 is 1.33 bits per heavy atom. The fourth-order valence-corrected chi connectivity index (χ4v) is 3.30. The van der Waals surface area contributed by atoms with Gasteiger partial charge < -0.3 is 24.8 Å². The van der Waals surface area contributed by atoms with Gasteiger partial charge in [-0.25, -0.2) is 0 Å². The maximum absolute atomic E-state index is 11.6. The molecule has 2 rings (SSSR count). The molecule has 1 aromatic carbocycles. The normalized spacial score (nSPS) is 13.5. The Labute approximate surface area is 167 Å². The van der Waals surface area contributed by atoms with Crippen LogP contribution in [0, 0.1) is 0 Å². The number of rotatable bonds is 11. The molecule has 0 amide bonds. The zero-order chi connectivity index (χ0) is 19.6. The molecule has 0 fully saturated rings. The molecular formula is C19H25ClN2O4S. The minimum absolute atomic E-state index is 0.0210. The number of ether oxygens (including phenoxy) is 1. The highest BCUT2D eigenvalue weighted by atomic mass is 35.5. The summed E-state index contributed by atoms with van der Waals surface area (Å²) in [5.74, 6) is -0.0210. The van der Waals surface area contributed by atoms with E-state index in [4.69, 9.17) is 16.3 Å². The fourth-order valence-electron chi connectivity index (χ4n) is 2.48. The van der Waals surface area contributed by atoms with Crippen molar-refractivity contribution in [3.63, 3.8) is 0 Å². The molecule has 0 aliphatic heterocycles. The number of halogens is 1. The Kier molecular flexibility index (Phi) is 9.33. The lowest BCUT2D eigenvalue weighted by atomic mass is 10.1. The molecule has 0 aliphatic carbocycles. The Morgan fingerprint density at radius 3 is 2.89 bits per heavy atom. The molecule has 8 heteroatoms. The summed E-state index contributed by atoms with van der Waals surface area (Å²) >= 11 is 4.73. The Bertz CT molecular complexity index is 718. The number of nitrogens with zero attached hydrogens (tertiary/aromatic N) is 1. The van der Waals surface area contributed by atoms with E-state index in [1.807, 2.05) is 0 Å². The molecule has 0 saturated carbocycles. The summed E-state index contributed by atoms with van der Waals surface area (Å²) in [4.78, 5) is 4.35. The maximum atomic E-state index is 11.6. The van der Waals surface area contributed by atoms with Crippen molar-refractivity contribution in [3.05, 3.63) is 52.8 Å².